The van der Waals surface area contributed by atoms with Crippen molar-refractivity contribution in [1.29, 1.82) is 0 Å². The van der Waals surface area contributed by atoms with E-state index >= 15 is 0 Å². The molecule has 0 aliphatic carbocycles. The van der Waals surface area contributed by atoms with Crippen LogP contribution in [0.1, 0.15) is 18.2 Å². The Balaban J connectivity index is 0.00000312. The number of nitrogens with one attached hydrogen (secondary N) is 2. The highest BCUT2D eigenvalue weighted by molar-refractivity contribution is 14.0. The van der Waals surface area contributed by atoms with Crippen molar-refractivity contribution in [1.82, 2.24) is 15.6 Å². The molecule has 0 aliphatic rings. The third-order valence-corrected chi connectivity index (χ3v) is 3.39. The summed E-state index contributed by atoms with van der Waals surface area (Å²) in [6, 6.07) is 14.0. The quantitative estimate of drug-likeness (QED) is 0.279. The summed E-state index contributed by atoms with van der Waals surface area (Å²) in [5.41, 5.74) is 2.24. The molecule has 0 saturated heterocycles. The van der Waals surface area contributed by atoms with Gasteiger partial charge in [0.1, 0.15) is 12.4 Å². The van der Waals surface area contributed by atoms with Gasteiger partial charge in [-0.15, -0.1) is 24.0 Å². The molecule has 0 radical (unpaired) electrons. The van der Waals surface area contributed by atoms with Crippen molar-refractivity contribution in [3.8, 4) is 5.75 Å². The zero-order valence-corrected chi connectivity index (χ0v) is 17.2. The van der Waals surface area contributed by atoms with Gasteiger partial charge >= 0.3 is 0 Å². The maximum atomic E-state index is 5.67. The molecule has 0 bridgehead atoms. The van der Waals surface area contributed by atoms with Crippen LogP contribution in [0.15, 0.2) is 53.7 Å². The smallest absolute Gasteiger partial charge is 0.191 e. The maximum absolute atomic E-state index is 5.67. The molecular weight excluding hydrogens is 427 g/mol. The number of benzene rings is 1. The first-order valence-electron chi connectivity index (χ1n) is 8.39. The van der Waals surface area contributed by atoms with Crippen molar-refractivity contribution in [3.63, 3.8) is 0 Å². The first-order chi connectivity index (χ1) is 11.8. The number of para-hydroxylation sites is 1. The molecule has 0 amide bonds. The number of nitrogens with zero attached hydrogens (tertiary/aromatic N) is 2. The van der Waals surface area contributed by atoms with Gasteiger partial charge in [-0.05, 0) is 44.0 Å². The summed E-state index contributed by atoms with van der Waals surface area (Å²) in [7, 11) is 0. The summed E-state index contributed by atoms with van der Waals surface area (Å²) in [5, 5.41) is 6.53. The van der Waals surface area contributed by atoms with Crippen molar-refractivity contribution in [2.45, 2.75) is 20.3 Å². The first kappa shape index (κ1) is 21.2. The fourth-order valence-corrected chi connectivity index (χ4v) is 2.14. The monoisotopic (exact) mass is 454 g/mol. The minimum absolute atomic E-state index is 0. The van der Waals surface area contributed by atoms with Crippen molar-refractivity contribution < 1.29 is 4.74 Å². The van der Waals surface area contributed by atoms with Gasteiger partial charge in [0.2, 0.25) is 0 Å². The molecule has 2 rings (SSSR count). The van der Waals surface area contributed by atoms with E-state index in [4.69, 9.17) is 4.74 Å². The second-order valence-corrected chi connectivity index (χ2v) is 5.41. The molecule has 0 unspecified atom stereocenters. The van der Waals surface area contributed by atoms with Gasteiger partial charge < -0.3 is 15.4 Å². The van der Waals surface area contributed by atoms with Crippen LogP contribution in [0.25, 0.3) is 0 Å². The van der Waals surface area contributed by atoms with Crippen molar-refractivity contribution in [2.75, 3.05) is 26.2 Å². The third kappa shape index (κ3) is 8.72. The lowest BCUT2D eigenvalue weighted by molar-refractivity contribution is 0.322. The molecule has 1 aromatic carbocycles. The highest BCUT2D eigenvalue weighted by Gasteiger charge is 1.98. The topological polar surface area (TPSA) is 58.5 Å². The Hall–Kier alpha value is -1.83. The number of hydrogen-bond acceptors (Lipinski definition) is 3. The number of aromatic nitrogens is 1. The summed E-state index contributed by atoms with van der Waals surface area (Å²) in [4.78, 5) is 8.89. The van der Waals surface area contributed by atoms with Crippen molar-refractivity contribution in [2.24, 2.45) is 4.99 Å². The summed E-state index contributed by atoms with van der Waals surface area (Å²) in [6.45, 7) is 6.90. The number of hydrogen-bond donors (Lipinski definition) is 2. The van der Waals surface area contributed by atoms with Crippen LogP contribution >= 0.6 is 24.0 Å². The van der Waals surface area contributed by atoms with Crippen LogP contribution < -0.4 is 15.4 Å². The van der Waals surface area contributed by atoms with Crippen molar-refractivity contribution >= 4 is 29.9 Å². The first-order valence-corrected chi connectivity index (χ1v) is 8.39. The number of rotatable bonds is 8. The van der Waals surface area contributed by atoms with E-state index in [1.165, 1.54) is 5.56 Å². The van der Waals surface area contributed by atoms with E-state index in [1.54, 1.807) is 0 Å². The van der Waals surface area contributed by atoms with Gasteiger partial charge in [-0.2, -0.15) is 0 Å². The minimum atomic E-state index is 0. The molecule has 0 saturated carbocycles. The van der Waals surface area contributed by atoms with E-state index in [9.17, 15) is 0 Å². The summed E-state index contributed by atoms with van der Waals surface area (Å²) in [6.07, 6.45) is 2.79. The average molecular weight is 454 g/mol. The number of guanidine groups is 1. The van der Waals surface area contributed by atoms with Gasteiger partial charge in [0.05, 0.1) is 6.54 Å². The Morgan fingerprint density at radius 2 is 1.92 bits per heavy atom. The Morgan fingerprint density at radius 3 is 2.60 bits per heavy atom. The van der Waals surface area contributed by atoms with E-state index in [0.717, 1.165) is 36.9 Å². The van der Waals surface area contributed by atoms with Crippen LogP contribution in [0.2, 0.25) is 0 Å². The Bertz CT molecular complexity index is 617. The van der Waals surface area contributed by atoms with E-state index in [-0.39, 0.29) is 24.0 Å². The molecule has 0 fully saturated rings. The van der Waals surface area contributed by atoms with Crippen LogP contribution in [0.3, 0.4) is 0 Å². The number of pyridine rings is 1. The van der Waals surface area contributed by atoms with E-state index in [0.29, 0.717) is 13.2 Å². The molecule has 2 N–H and O–H groups in total. The van der Waals surface area contributed by atoms with Gasteiger partial charge in [0, 0.05) is 25.0 Å². The normalized spacial score (nSPS) is 10.7. The number of halogens is 1. The molecule has 2 aromatic rings. The lowest BCUT2D eigenvalue weighted by Gasteiger charge is -2.12. The largest absolute Gasteiger partial charge is 0.492 e. The number of aliphatic imine (C=N–C) groups is 1. The second kappa shape index (κ2) is 12.5. The summed E-state index contributed by atoms with van der Waals surface area (Å²) < 4.78 is 5.67. The van der Waals surface area contributed by atoms with Gasteiger partial charge in [0.15, 0.2) is 5.96 Å². The SMILES string of the molecule is CCNC(=NCCc1ccc(C)nc1)NCCOc1ccccc1.I. The van der Waals surface area contributed by atoms with Gasteiger partial charge in [-0.3, -0.25) is 9.98 Å². The predicted octanol–water partition coefficient (Wildman–Crippen LogP) is 3.18. The molecule has 0 atom stereocenters. The van der Waals surface area contributed by atoms with Crippen LogP contribution in [-0.2, 0) is 6.42 Å². The lowest BCUT2D eigenvalue weighted by Crippen LogP contribution is -2.39. The standard InChI is InChI=1S/C19H26N4O.HI/c1-3-20-19(21-12-11-17-10-9-16(2)23-15-17)22-13-14-24-18-7-5-4-6-8-18;/h4-10,15H,3,11-14H2,1-2H3,(H2,20,21,22);1H. The fourth-order valence-electron chi connectivity index (χ4n) is 2.14. The molecule has 136 valence electrons. The molecule has 1 heterocycles. The van der Waals surface area contributed by atoms with Crippen molar-refractivity contribution in [3.05, 3.63) is 59.9 Å². The lowest BCUT2D eigenvalue weighted by atomic mass is 10.2. The highest BCUT2D eigenvalue weighted by Crippen LogP contribution is 2.07. The van der Waals surface area contributed by atoms with Gasteiger partial charge in [-0.25, -0.2) is 0 Å². The Labute approximate surface area is 167 Å². The highest BCUT2D eigenvalue weighted by atomic mass is 127. The van der Waals surface area contributed by atoms with Crippen LogP contribution in [-0.4, -0.2) is 37.2 Å². The zero-order valence-electron chi connectivity index (χ0n) is 14.9. The molecule has 0 aliphatic heterocycles. The van der Waals surface area contributed by atoms with Crippen LogP contribution in [0.5, 0.6) is 5.75 Å². The molecule has 25 heavy (non-hydrogen) atoms. The van der Waals surface area contributed by atoms with E-state index < -0.39 is 0 Å². The average Bonchev–Trinajstić information content (AvgIpc) is 2.61. The molecule has 0 spiro atoms. The Morgan fingerprint density at radius 1 is 1.12 bits per heavy atom. The number of ether oxygens (including phenoxy) is 1. The second-order valence-electron chi connectivity index (χ2n) is 5.41. The summed E-state index contributed by atoms with van der Waals surface area (Å²) in [5.74, 6) is 1.70. The van der Waals surface area contributed by atoms with E-state index in [1.807, 2.05) is 49.5 Å². The van der Waals surface area contributed by atoms with Crippen LogP contribution in [0.4, 0.5) is 0 Å². The maximum Gasteiger partial charge on any atom is 0.191 e. The van der Waals surface area contributed by atoms with Gasteiger partial charge in [0.25, 0.3) is 0 Å². The number of aryl methyl sites for hydroxylation is 1. The molecule has 6 heteroatoms. The third-order valence-electron chi connectivity index (χ3n) is 3.39. The van der Waals surface area contributed by atoms with Crippen LogP contribution in [0, 0.1) is 6.92 Å². The molecular formula is C19H27IN4O. The zero-order chi connectivity index (χ0) is 17.0. The predicted molar refractivity (Wildman–Crippen MR) is 114 cm³/mol. The fraction of sp³-hybridized carbons (Fsp3) is 0.368. The summed E-state index contributed by atoms with van der Waals surface area (Å²) >= 11 is 0. The van der Waals surface area contributed by atoms with E-state index in [2.05, 4.69) is 33.6 Å². The molecule has 5 nitrogen and oxygen atoms in total. The molecule has 1 aromatic heterocycles. The van der Waals surface area contributed by atoms with Gasteiger partial charge in [-0.1, -0.05) is 24.3 Å². The minimum Gasteiger partial charge on any atom is -0.492 e. The Kier molecular flexibility index (Phi) is 10.6.